The van der Waals surface area contributed by atoms with Crippen LogP contribution in [0.1, 0.15) is 21.0 Å². The van der Waals surface area contributed by atoms with E-state index in [9.17, 15) is 4.79 Å². The molecule has 7 heteroatoms. The van der Waals surface area contributed by atoms with Crippen LogP contribution in [0.3, 0.4) is 0 Å². The normalized spacial score (nSPS) is 10.0. The summed E-state index contributed by atoms with van der Waals surface area (Å²) >= 11 is 7.35. The van der Waals surface area contributed by atoms with Crippen LogP contribution in [-0.4, -0.2) is 12.5 Å². The number of nitrogens with one attached hydrogen (secondary N) is 1. The number of hydrogen-bond donors (Lipinski definition) is 2. The molecule has 0 bridgehead atoms. The fourth-order valence-corrected chi connectivity index (χ4v) is 2.58. The van der Waals surface area contributed by atoms with Crippen LogP contribution in [-0.2, 0) is 13.0 Å². The Kier molecular flexibility index (Phi) is 6.37. The smallest absolute Gasteiger partial charge is 0.254 e. The molecule has 2 heterocycles. The van der Waals surface area contributed by atoms with Crippen molar-refractivity contribution in [3.63, 3.8) is 0 Å². The van der Waals surface area contributed by atoms with Gasteiger partial charge in [-0.15, -0.1) is 23.7 Å². The van der Waals surface area contributed by atoms with Gasteiger partial charge in [0.25, 0.3) is 5.91 Å². The van der Waals surface area contributed by atoms with Gasteiger partial charge in [0.15, 0.2) is 0 Å². The van der Waals surface area contributed by atoms with E-state index >= 15 is 0 Å². The molecule has 0 aliphatic rings. The van der Waals surface area contributed by atoms with Gasteiger partial charge in [0, 0.05) is 11.4 Å². The highest BCUT2D eigenvalue weighted by Crippen LogP contribution is 2.21. The third-order valence-electron chi connectivity index (χ3n) is 2.40. The lowest BCUT2D eigenvalue weighted by Gasteiger charge is -2.01. The van der Waals surface area contributed by atoms with Gasteiger partial charge < -0.3 is 15.5 Å². The third kappa shape index (κ3) is 4.54. The Labute approximate surface area is 126 Å². The molecule has 0 spiro atoms. The Hall–Kier alpha value is -1.01. The van der Waals surface area contributed by atoms with Crippen molar-refractivity contribution in [3.8, 4) is 0 Å². The van der Waals surface area contributed by atoms with Gasteiger partial charge in [-0.1, -0.05) is 11.6 Å². The first kappa shape index (κ1) is 16.0. The van der Waals surface area contributed by atoms with E-state index in [1.165, 1.54) is 17.6 Å². The highest BCUT2D eigenvalue weighted by atomic mass is 35.5. The van der Waals surface area contributed by atoms with Gasteiger partial charge in [0.05, 0.1) is 16.4 Å². The van der Waals surface area contributed by atoms with E-state index in [0.717, 1.165) is 15.6 Å². The molecule has 0 radical (unpaired) electrons. The molecule has 0 atom stereocenters. The molecule has 0 fully saturated rings. The first-order valence-electron chi connectivity index (χ1n) is 5.49. The quantitative estimate of drug-likeness (QED) is 0.890. The van der Waals surface area contributed by atoms with Crippen LogP contribution < -0.4 is 11.1 Å². The second-order valence-electron chi connectivity index (χ2n) is 3.72. The summed E-state index contributed by atoms with van der Waals surface area (Å²) in [6, 6.07) is 5.47. The summed E-state index contributed by atoms with van der Waals surface area (Å²) in [5, 5.41) is 2.82. The van der Waals surface area contributed by atoms with E-state index < -0.39 is 0 Å². The maximum atomic E-state index is 11.7. The van der Waals surface area contributed by atoms with Crippen LogP contribution in [0.4, 0.5) is 0 Å². The topological polar surface area (TPSA) is 68.3 Å². The van der Waals surface area contributed by atoms with Gasteiger partial charge in [-0.05, 0) is 24.6 Å². The maximum Gasteiger partial charge on any atom is 0.254 e. The molecule has 0 unspecified atom stereocenters. The van der Waals surface area contributed by atoms with Crippen molar-refractivity contribution in [1.82, 2.24) is 5.32 Å². The van der Waals surface area contributed by atoms with Crippen LogP contribution in [0.5, 0.6) is 0 Å². The Morgan fingerprint density at radius 3 is 2.84 bits per heavy atom. The lowest BCUT2D eigenvalue weighted by Crippen LogP contribution is -2.25. The number of furan rings is 1. The van der Waals surface area contributed by atoms with E-state index in [-0.39, 0.29) is 18.3 Å². The van der Waals surface area contributed by atoms with Crippen molar-refractivity contribution in [2.75, 3.05) is 6.54 Å². The second-order valence-corrected chi connectivity index (χ2v) is 5.52. The van der Waals surface area contributed by atoms with E-state index in [0.29, 0.717) is 24.4 Å². The fourth-order valence-electron chi connectivity index (χ4n) is 1.49. The molecule has 19 heavy (non-hydrogen) atoms. The van der Waals surface area contributed by atoms with Crippen molar-refractivity contribution in [2.24, 2.45) is 5.73 Å². The maximum absolute atomic E-state index is 11.7. The molecule has 1 amide bonds. The van der Waals surface area contributed by atoms with Crippen LogP contribution in [0.2, 0.25) is 4.34 Å². The molecule has 2 aromatic heterocycles. The summed E-state index contributed by atoms with van der Waals surface area (Å²) in [6.45, 7) is 0.861. The number of halogens is 2. The molecule has 2 rings (SSSR count). The van der Waals surface area contributed by atoms with Crippen molar-refractivity contribution < 1.29 is 9.21 Å². The highest BCUT2D eigenvalue weighted by Gasteiger charge is 2.09. The van der Waals surface area contributed by atoms with Crippen molar-refractivity contribution >= 4 is 41.3 Å². The Balaban J connectivity index is 0.00000180. The molecule has 0 aliphatic heterocycles. The van der Waals surface area contributed by atoms with E-state index in [1.54, 1.807) is 6.07 Å². The zero-order valence-electron chi connectivity index (χ0n) is 10.0. The minimum Gasteiger partial charge on any atom is -0.467 e. The predicted molar refractivity (Wildman–Crippen MR) is 79.2 cm³/mol. The van der Waals surface area contributed by atoms with Gasteiger partial charge >= 0.3 is 0 Å². The molecule has 0 saturated carbocycles. The molecule has 2 aromatic rings. The third-order valence-corrected chi connectivity index (χ3v) is 3.69. The van der Waals surface area contributed by atoms with Crippen molar-refractivity contribution in [2.45, 2.75) is 13.0 Å². The van der Waals surface area contributed by atoms with Crippen molar-refractivity contribution in [1.29, 1.82) is 0 Å². The summed E-state index contributed by atoms with van der Waals surface area (Å²) < 4.78 is 5.86. The van der Waals surface area contributed by atoms with Gasteiger partial charge in [0.1, 0.15) is 12.0 Å². The monoisotopic (exact) mass is 320 g/mol. The van der Waals surface area contributed by atoms with Gasteiger partial charge in [-0.3, -0.25) is 4.79 Å². The first-order valence-corrected chi connectivity index (χ1v) is 6.68. The zero-order chi connectivity index (χ0) is 13.0. The zero-order valence-corrected chi connectivity index (χ0v) is 12.4. The van der Waals surface area contributed by atoms with E-state index in [2.05, 4.69) is 5.32 Å². The Bertz CT molecular complexity index is 539. The number of amides is 1. The molecule has 0 aliphatic carbocycles. The number of thiophene rings is 1. The predicted octanol–water partition coefficient (Wildman–Crippen LogP) is 2.85. The van der Waals surface area contributed by atoms with Crippen molar-refractivity contribution in [3.05, 3.63) is 45.0 Å². The summed E-state index contributed by atoms with van der Waals surface area (Å²) in [6.07, 6.45) is 2.18. The Morgan fingerprint density at radius 2 is 2.26 bits per heavy atom. The average molecular weight is 321 g/mol. The summed E-state index contributed by atoms with van der Waals surface area (Å²) in [5.74, 6) is 0.450. The van der Waals surface area contributed by atoms with Gasteiger partial charge in [0.2, 0.25) is 0 Å². The largest absolute Gasteiger partial charge is 0.467 e. The number of carbonyl (C=O) groups is 1. The lowest BCUT2D eigenvalue weighted by atomic mass is 10.3. The molecule has 4 nitrogen and oxygen atoms in total. The molecule has 0 aromatic carbocycles. The highest BCUT2D eigenvalue weighted by molar-refractivity contribution is 7.16. The standard InChI is InChI=1S/C12H13ClN2O2S.ClH/c13-11-2-1-10(18-11)3-4-15-12(16)8-5-9(6-14)17-7-8;/h1-2,5,7H,3-4,6,14H2,(H,15,16);1H. The molecular weight excluding hydrogens is 307 g/mol. The average Bonchev–Trinajstić information content (AvgIpc) is 2.98. The summed E-state index contributed by atoms with van der Waals surface area (Å²) in [4.78, 5) is 12.9. The minimum atomic E-state index is -0.152. The first-order chi connectivity index (χ1) is 8.69. The number of rotatable bonds is 5. The molecule has 104 valence electrons. The van der Waals surface area contributed by atoms with E-state index in [4.69, 9.17) is 21.8 Å². The summed E-state index contributed by atoms with van der Waals surface area (Å²) in [5.41, 5.74) is 5.90. The number of nitrogens with two attached hydrogens (primary N) is 1. The minimum absolute atomic E-state index is 0. The molecule has 0 saturated heterocycles. The number of carbonyl (C=O) groups excluding carboxylic acids is 1. The van der Waals surface area contributed by atoms with Crippen LogP contribution in [0.25, 0.3) is 0 Å². The van der Waals surface area contributed by atoms with E-state index in [1.807, 2.05) is 12.1 Å². The van der Waals surface area contributed by atoms with Crippen LogP contribution in [0, 0.1) is 0 Å². The van der Waals surface area contributed by atoms with Crippen LogP contribution in [0.15, 0.2) is 28.9 Å². The second kappa shape index (κ2) is 7.55. The number of hydrogen-bond acceptors (Lipinski definition) is 4. The lowest BCUT2D eigenvalue weighted by molar-refractivity contribution is 0.0953. The van der Waals surface area contributed by atoms with Gasteiger partial charge in [-0.25, -0.2) is 0 Å². The Morgan fingerprint density at radius 1 is 1.47 bits per heavy atom. The SMILES string of the molecule is Cl.NCc1cc(C(=O)NCCc2ccc(Cl)s2)co1. The molecule has 3 N–H and O–H groups in total. The fraction of sp³-hybridized carbons (Fsp3) is 0.250. The summed E-state index contributed by atoms with van der Waals surface area (Å²) in [7, 11) is 0. The molecular formula is C12H14Cl2N2O2S. The van der Waals surface area contributed by atoms with Gasteiger partial charge in [-0.2, -0.15) is 0 Å². The van der Waals surface area contributed by atoms with Crippen LogP contribution >= 0.6 is 35.3 Å².